The minimum atomic E-state index is -4.69. The van der Waals surface area contributed by atoms with Crippen LogP contribution in [0.5, 0.6) is 0 Å². The third kappa shape index (κ3) is 5.66. The zero-order valence-corrected chi connectivity index (χ0v) is 19.2. The maximum atomic E-state index is 13.4. The van der Waals surface area contributed by atoms with E-state index in [1.807, 2.05) is 0 Å². The number of anilines is 2. The lowest BCUT2D eigenvalue weighted by atomic mass is 10.1. The Labute approximate surface area is 194 Å². The van der Waals surface area contributed by atoms with Gasteiger partial charge in [0.15, 0.2) is 0 Å². The molecule has 1 amide bonds. The van der Waals surface area contributed by atoms with Crippen LogP contribution in [0, 0.1) is 13.8 Å². The molecule has 0 spiro atoms. The number of sulfonamides is 1. The molecule has 0 heterocycles. The molecule has 3 aromatic carbocycles. The summed E-state index contributed by atoms with van der Waals surface area (Å²) in [5.41, 5.74) is -0.0161. The third-order valence-corrected chi connectivity index (χ3v) is 6.85. The van der Waals surface area contributed by atoms with Crippen molar-refractivity contribution in [2.45, 2.75) is 24.9 Å². The lowest BCUT2D eigenvalue weighted by Crippen LogP contribution is -2.38. The maximum Gasteiger partial charge on any atom is 0.418 e. The van der Waals surface area contributed by atoms with E-state index in [9.17, 15) is 26.4 Å². The molecule has 0 radical (unpaired) electrons. The number of aryl methyl sites for hydroxylation is 2. The number of nitrogens with zero attached hydrogens (tertiary/aromatic N) is 1. The van der Waals surface area contributed by atoms with E-state index in [0.717, 1.165) is 22.0 Å². The molecule has 0 aliphatic heterocycles. The molecular formula is C23H20ClF3N2O3S. The van der Waals surface area contributed by atoms with E-state index in [4.69, 9.17) is 11.6 Å². The van der Waals surface area contributed by atoms with Gasteiger partial charge in [0.1, 0.15) is 6.54 Å². The minimum absolute atomic E-state index is 0.0732. The summed E-state index contributed by atoms with van der Waals surface area (Å²) in [5.74, 6) is -0.943. The van der Waals surface area contributed by atoms with Crippen molar-refractivity contribution in [2.24, 2.45) is 0 Å². The summed E-state index contributed by atoms with van der Waals surface area (Å²) in [6.07, 6.45) is -4.69. The number of benzene rings is 3. The van der Waals surface area contributed by atoms with Crippen LogP contribution in [0.4, 0.5) is 24.5 Å². The van der Waals surface area contributed by atoms with Gasteiger partial charge in [-0.2, -0.15) is 13.2 Å². The summed E-state index contributed by atoms with van der Waals surface area (Å²) < 4.78 is 67.6. The number of hydrogen-bond acceptors (Lipinski definition) is 3. The van der Waals surface area contributed by atoms with Crippen LogP contribution in [0.25, 0.3) is 0 Å². The van der Waals surface area contributed by atoms with Gasteiger partial charge in [0.25, 0.3) is 10.0 Å². The molecule has 5 nitrogen and oxygen atoms in total. The molecule has 0 aliphatic rings. The number of rotatable bonds is 6. The number of hydrogen-bond donors (Lipinski definition) is 1. The number of alkyl halides is 3. The van der Waals surface area contributed by atoms with E-state index in [2.05, 4.69) is 5.32 Å². The van der Waals surface area contributed by atoms with Gasteiger partial charge in [0, 0.05) is 5.02 Å². The molecule has 1 N–H and O–H groups in total. The van der Waals surface area contributed by atoms with Crippen molar-refractivity contribution < 1.29 is 26.4 Å². The molecule has 0 saturated heterocycles. The SMILES string of the molecule is Cc1ccc(S(=O)(=O)N(CC(=O)Nc2ccccc2C(F)(F)F)c2cc(Cl)ccc2C)cc1. The van der Waals surface area contributed by atoms with Gasteiger partial charge in [-0.25, -0.2) is 8.42 Å². The quantitative estimate of drug-likeness (QED) is 0.468. The van der Waals surface area contributed by atoms with Crippen molar-refractivity contribution in [2.75, 3.05) is 16.2 Å². The molecule has 3 rings (SSSR count). The average molecular weight is 497 g/mol. The fourth-order valence-corrected chi connectivity index (χ4v) is 4.79. The summed E-state index contributed by atoms with van der Waals surface area (Å²) in [7, 11) is -4.24. The lowest BCUT2D eigenvalue weighted by Gasteiger charge is -2.26. The van der Waals surface area contributed by atoms with E-state index in [-0.39, 0.29) is 15.6 Å². The van der Waals surface area contributed by atoms with Crippen LogP contribution in [0.3, 0.4) is 0 Å². The van der Waals surface area contributed by atoms with Crippen LogP contribution in [0.2, 0.25) is 5.02 Å². The highest BCUT2D eigenvalue weighted by Crippen LogP contribution is 2.35. The highest BCUT2D eigenvalue weighted by molar-refractivity contribution is 7.92. The molecule has 0 unspecified atom stereocenters. The summed E-state index contributed by atoms with van der Waals surface area (Å²) >= 11 is 6.07. The Morgan fingerprint density at radius 1 is 1.00 bits per heavy atom. The molecule has 33 heavy (non-hydrogen) atoms. The van der Waals surface area contributed by atoms with Crippen LogP contribution in [-0.4, -0.2) is 20.9 Å². The average Bonchev–Trinajstić information content (AvgIpc) is 2.74. The van der Waals surface area contributed by atoms with Crippen molar-refractivity contribution >= 4 is 38.9 Å². The molecule has 0 saturated carbocycles. The zero-order chi connectivity index (χ0) is 24.4. The predicted octanol–water partition coefficient (Wildman–Crippen LogP) is 5.81. The molecule has 174 valence electrons. The summed E-state index contributed by atoms with van der Waals surface area (Å²) in [6.45, 7) is 2.67. The Morgan fingerprint density at radius 3 is 2.27 bits per heavy atom. The van der Waals surface area contributed by atoms with Gasteiger partial charge in [-0.3, -0.25) is 9.10 Å². The fourth-order valence-electron chi connectivity index (χ4n) is 3.15. The van der Waals surface area contributed by atoms with Crippen molar-refractivity contribution in [3.05, 3.63) is 88.4 Å². The highest BCUT2D eigenvalue weighted by Gasteiger charge is 2.34. The molecule has 0 fully saturated rings. The molecule has 0 aliphatic carbocycles. The first-order valence-electron chi connectivity index (χ1n) is 9.71. The second-order valence-electron chi connectivity index (χ2n) is 7.35. The number of para-hydroxylation sites is 1. The van der Waals surface area contributed by atoms with Gasteiger partial charge in [-0.15, -0.1) is 0 Å². The minimum Gasteiger partial charge on any atom is -0.324 e. The molecular weight excluding hydrogens is 477 g/mol. The topological polar surface area (TPSA) is 66.5 Å². The van der Waals surface area contributed by atoms with E-state index >= 15 is 0 Å². The largest absolute Gasteiger partial charge is 0.418 e. The van der Waals surface area contributed by atoms with Crippen LogP contribution >= 0.6 is 11.6 Å². The van der Waals surface area contributed by atoms with Crippen molar-refractivity contribution in [3.63, 3.8) is 0 Å². The van der Waals surface area contributed by atoms with Crippen LogP contribution in [0.1, 0.15) is 16.7 Å². The van der Waals surface area contributed by atoms with E-state index < -0.39 is 39.9 Å². The Hall–Kier alpha value is -3.04. The third-order valence-electron chi connectivity index (χ3n) is 4.84. The molecule has 0 aromatic heterocycles. The van der Waals surface area contributed by atoms with Gasteiger partial charge in [0.05, 0.1) is 21.8 Å². The monoisotopic (exact) mass is 496 g/mol. The normalized spacial score (nSPS) is 11.8. The van der Waals surface area contributed by atoms with E-state index in [1.165, 1.54) is 30.3 Å². The smallest absolute Gasteiger partial charge is 0.324 e. The van der Waals surface area contributed by atoms with Crippen LogP contribution in [0.15, 0.2) is 71.6 Å². The van der Waals surface area contributed by atoms with Gasteiger partial charge >= 0.3 is 6.18 Å². The maximum absolute atomic E-state index is 13.4. The lowest BCUT2D eigenvalue weighted by molar-refractivity contribution is -0.137. The van der Waals surface area contributed by atoms with Crippen LogP contribution in [-0.2, 0) is 21.0 Å². The summed E-state index contributed by atoms with van der Waals surface area (Å²) in [4.78, 5) is 12.7. The van der Waals surface area contributed by atoms with Gasteiger partial charge in [-0.05, 0) is 55.8 Å². The Morgan fingerprint density at radius 2 is 1.64 bits per heavy atom. The second-order valence-corrected chi connectivity index (χ2v) is 9.65. The zero-order valence-electron chi connectivity index (χ0n) is 17.7. The summed E-state index contributed by atoms with van der Waals surface area (Å²) in [6, 6.07) is 15.0. The first-order chi connectivity index (χ1) is 15.4. The first-order valence-corrected chi connectivity index (χ1v) is 11.5. The summed E-state index contributed by atoms with van der Waals surface area (Å²) in [5, 5.41) is 2.42. The Balaban J connectivity index is 2.02. The Bertz CT molecular complexity index is 1280. The highest BCUT2D eigenvalue weighted by atomic mass is 35.5. The van der Waals surface area contributed by atoms with E-state index in [1.54, 1.807) is 38.1 Å². The van der Waals surface area contributed by atoms with Crippen molar-refractivity contribution in [3.8, 4) is 0 Å². The molecule has 0 atom stereocenters. The van der Waals surface area contributed by atoms with Gasteiger partial charge in [0.2, 0.25) is 5.91 Å². The standard InChI is InChI=1S/C23H20ClF3N2O3S/c1-15-7-11-18(12-8-15)33(31,32)29(21-13-17(24)10-9-16(21)2)14-22(30)28-20-6-4-3-5-19(20)23(25,26)27/h3-13H,14H2,1-2H3,(H,28,30). The number of halogens is 4. The number of carbonyl (C=O) groups excluding carboxylic acids is 1. The number of nitrogens with one attached hydrogen (secondary N) is 1. The predicted molar refractivity (Wildman–Crippen MR) is 122 cm³/mol. The molecule has 3 aromatic rings. The van der Waals surface area contributed by atoms with Crippen molar-refractivity contribution in [1.82, 2.24) is 0 Å². The number of carbonyl (C=O) groups is 1. The van der Waals surface area contributed by atoms with Crippen LogP contribution < -0.4 is 9.62 Å². The molecule has 0 bridgehead atoms. The fraction of sp³-hybridized carbons (Fsp3) is 0.174. The van der Waals surface area contributed by atoms with Gasteiger partial charge in [-0.1, -0.05) is 47.5 Å². The van der Waals surface area contributed by atoms with Gasteiger partial charge < -0.3 is 5.32 Å². The number of amides is 1. The Kier molecular flexibility index (Phi) is 7.04. The van der Waals surface area contributed by atoms with E-state index in [0.29, 0.717) is 5.56 Å². The first kappa shape index (κ1) is 24.6. The molecule has 10 heteroatoms. The van der Waals surface area contributed by atoms with Crippen molar-refractivity contribution in [1.29, 1.82) is 0 Å². The second kappa shape index (κ2) is 9.44.